The number of ether oxygens (including phenoxy) is 1. The van der Waals surface area contributed by atoms with Gasteiger partial charge in [0.25, 0.3) is 0 Å². The number of nitriles is 1. The first-order chi connectivity index (χ1) is 9.15. The number of likely N-dealkylation sites (tertiary alicyclic amines) is 1. The van der Waals surface area contributed by atoms with Crippen molar-refractivity contribution in [3.63, 3.8) is 0 Å². The van der Waals surface area contributed by atoms with Gasteiger partial charge in [0.15, 0.2) is 0 Å². The number of methoxy groups -OCH3 is 1. The summed E-state index contributed by atoms with van der Waals surface area (Å²) in [6.07, 6.45) is 3.86. The van der Waals surface area contributed by atoms with E-state index < -0.39 is 0 Å². The average Bonchev–Trinajstić information content (AvgIpc) is 2.42. The van der Waals surface area contributed by atoms with Crippen molar-refractivity contribution in [2.24, 2.45) is 0 Å². The van der Waals surface area contributed by atoms with Crippen LogP contribution in [-0.4, -0.2) is 24.1 Å². The summed E-state index contributed by atoms with van der Waals surface area (Å²) in [5.41, 5.74) is 1.82. The summed E-state index contributed by atoms with van der Waals surface area (Å²) in [5, 5.41) is 9.14. The van der Waals surface area contributed by atoms with Gasteiger partial charge in [-0.05, 0) is 44.4 Å². The second-order valence-corrected chi connectivity index (χ2v) is 5.45. The molecule has 0 radical (unpaired) electrons. The molecule has 1 heterocycles. The zero-order chi connectivity index (χ0) is 13.8. The minimum atomic E-state index is 0.622. The van der Waals surface area contributed by atoms with Gasteiger partial charge in [-0.2, -0.15) is 5.26 Å². The lowest BCUT2D eigenvalue weighted by atomic mass is 9.96. The zero-order valence-electron chi connectivity index (χ0n) is 12.0. The number of hydrogen-bond donors (Lipinski definition) is 0. The fraction of sp³-hybridized carbons (Fsp3) is 0.562. The summed E-state index contributed by atoms with van der Waals surface area (Å²) in [7, 11) is 1.60. The molecule has 1 aromatic carbocycles. The third-order valence-corrected chi connectivity index (χ3v) is 4.13. The molecule has 0 amide bonds. The van der Waals surface area contributed by atoms with Gasteiger partial charge in [-0.1, -0.05) is 12.5 Å². The van der Waals surface area contributed by atoms with E-state index >= 15 is 0 Å². The molecule has 1 aliphatic heterocycles. The van der Waals surface area contributed by atoms with E-state index in [0.29, 0.717) is 23.4 Å². The van der Waals surface area contributed by atoms with Crippen molar-refractivity contribution in [1.29, 1.82) is 5.26 Å². The van der Waals surface area contributed by atoms with E-state index in [4.69, 9.17) is 10.00 Å². The maximum absolute atomic E-state index is 9.14. The SMILES string of the molecule is COc1ccc(CN2C(C)CCCC2C)cc1C#N. The summed E-state index contributed by atoms with van der Waals surface area (Å²) in [4.78, 5) is 2.53. The lowest BCUT2D eigenvalue weighted by Gasteiger charge is -2.39. The fourth-order valence-electron chi connectivity index (χ4n) is 2.94. The van der Waals surface area contributed by atoms with E-state index in [2.05, 4.69) is 30.9 Å². The first kappa shape index (κ1) is 13.9. The first-order valence-electron chi connectivity index (χ1n) is 6.98. The van der Waals surface area contributed by atoms with Gasteiger partial charge in [-0.3, -0.25) is 4.90 Å². The van der Waals surface area contributed by atoms with Crippen LogP contribution in [0.5, 0.6) is 5.75 Å². The zero-order valence-corrected chi connectivity index (χ0v) is 12.0. The van der Waals surface area contributed by atoms with Crippen LogP contribution in [0.4, 0.5) is 0 Å². The Balaban J connectivity index is 2.16. The third kappa shape index (κ3) is 3.08. The van der Waals surface area contributed by atoms with Crippen molar-refractivity contribution >= 4 is 0 Å². The number of rotatable bonds is 3. The highest BCUT2D eigenvalue weighted by Gasteiger charge is 2.24. The molecule has 102 valence electrons. The predicted octanol–water partition coefficient (Wildman–Crippen LogP) is 3.33. The Morgan fingerprint density at radius 2 is 2.00 bits per heavy atom. The third-order valence-electron chi connectivity index (χ3n) is 4.13. The highest BCUT2D eigenvalue weighted by molar-refractivity contribution is 5.45. The molecule has 1 fully saturated rings. The normalized spacial score (nSPS) is 23.9. The molecule has 1 aromatic rings. The molecule has 3 heteroatoms. The summed E-state index contributed by atoms with van der Waals surface area (Å²) in [5.74, 6) is 0.658. The molecule has 0 saturated carbocycles. The predicted molar refractivity (Wildman–Crippen MR) is 76.0 cm³/mol. The van der Waals surface area contributed by atoms with E-state index in [0.717, 1.165) is 6.54 Å². The van der Waals surface area contributed by atoms with Gasteiger partial charge in [-0.15, -0.1) is 0 Å². The van der Waals surface area contributed by atoms with Crippen molar-refractivity contribution in [2.75, 3.05) is 7.11 Å². The summed E-state index contributed by atoms with van der Waals surface area (Å²) >= 11 is 0. The van der Waals surface area contributed by atoms with Crippen LogP contribution in [0, 0.1) is 11.3 Å². The van der Waals surface area contributed by atoms with Gasteiger partial charge in [0.05, 0.1) is 12.7 Å². The van der Waals surface area contributed by atoms with E-state index in [1.54, 1.807) is 7.11 Å². The molecule has 0 aliphatic carbocycles. The lowest BCUT2D eigenvalue weighted by Crippen LogP contribution is -2.42. The van der Waals surface area contributed by atoms with E-state index in [9.17, 15) is 0 Å². The van der Waals surface area contributed by atoms with Crippen LogP contribution in [0.15, 0.2) is 18.2 Å². The van der Waals surface area contributed by atoms with Gasteiger partial charge in [-0.25, -0.2) is 0 Å². The standard InChI is InChI=1S/C16H22N2O/c1-12-5-4-6-13(2)18(12)11-14-7-8-16(19-3)15(9-14)10-17/h7-9,12-13H,4-6,11H2,1-3H3. The van der Waals surface area contributed by atoms with Crippen LogP contribution in [0.1, 0.15) is 44.2 Å². The molecule has 2 unspecified atom stereocenters. The minimum Gasteiger partial charge on any atom is -0.495 e. The maximum Gasteiger partial charge on any atom is 0.136 e. The second-order valence-electron chi connectivity index (χ2n) is 5.45. The van der Waals surface area contributed by atoms with Crippen LogP contribution in [0.3, 0.4) is 0 Å². The van der Waals surface area contributed by atoms with Gasteiger partial charge < -0.3 is 4.74 Å². The Hall–Kier alpha value is -1.53. The Labute approximate surface area is 115 Å². The highest BCUT2D eigenvalue weighted by atomic mass is 16.5. The van der Waals surface area contributed by atoms with Crippen LogP contribution in [0.2, 0.25) is 0 Å². The topological polar surface area (TPSA) is 36.3 Å². The summed E-state index contributed by atoms with van der Waals surface area (Å²) in [6, 6.07) is 9.36. The van der Waals surface area contributed by atoms with Gasteiger partial charge in [0, 0.05) is 18.6 Å². The molecule has 0 bridgehead atoms. The van der Waals surface area contributed by atoms with E-state index in [-0.39, 0.29) is 0 Å². The van der Waals surface area contributed by atoms with Crippen LogP contribution < -0.4 is 4.74 Å². The number of nitrogens with zero attached hydrogens (tertiary/aromatic N) is 2. The highest BCUT2D eigenvalue weighted by Crippen LogP contribution is 2.26. The first-order valence-corrected chi connectivity index (χ1v) is 6.98. The van der Waals surface area contributed by atoms with Crippen molar-refractivity contribution in [2.45, 2.75) is 51.7 Å². The summed E-state index contributed by atoms with van der Waals surface area (Å²) in [6.45, 7) is 5.51. The monoisotopic (exact) mass is 258 g/mol. The van der Waals surface area contributed by atoms with E-state index in [1.165, 1.54) is 24.8 Å². The van der Waals surface area contributed by atoms with Crippen molar-refractivity contribution in [3.8, 4) is 11.8 Å². The summed E-state index contributed by atoms with van der Waals surface area (Å²) < 4.78 is 5.19. The Kier molecular flexibility index (Phi) is 4.44. The van der Waals surface area contributed by atoms with Crippen LogP contribution in [0.25, 0.3) is 0 Å². The fourth-order valence-corrected chi connectivity index (χ4v) is 2.94. The molecule has 0 N–H and O–H groups in total. The molecule has 2 atom stereocenters. The van der Waals surface area contributed by atoms with Crippen molar-refractivity contribution < 1.29 is 4.74 Å². The Morgan fingerprint density at radius 3 is 2.58 bits per heavy atom. The molecule has 1 saturated heterocycles. The van der Waals surface area contributed by atoms with Gasteiger partial charge in [0.2, 0.25) is 0 Å². The molecule has 0 aromatic heterocycles. The minimum absolute atomic E-state index is 0.622. The quantitative estimate of drug-likeness (QED) is 0.834. The van der Waals surface area contributed by atoms with E-state index in [1.807, 2.05) is 12.1 Å². The van der Waals surface area contributed by atoms with Gasteiger partial charge in [0.1, 0.15) is 11.8 Å². The van der Waals surface area contributed by atoms with Crippen LogP contribution in [-0.2, 0) is 6.54 Å². The number of piperidine rings is 1. The molecule has 19 heavy (non-hydrogen) atoms. The molecular weight excluding hydrogens is 236 g/mol. The molecule has 1 aliphatic rings. The van der Waals surface area contributed by atoms with Crippen molar-refractivity contribution in [1.82, 2.24) is 4.90 Å². The Morgan fingerprint density at radius 1 is 1.32 bits per heavy atom. The van der Waals surface area contributed by atoms with Gasteiger partial charge >= 0.3 is 0 Å². The maximum atomic E-state index is 9.14. The lowest BCUT2D eigenvalue weighted by molar-refractivity contribution is 0.0952. The average molecular weight is 258 g/mol. The largest absolute Gasteiger partial charge is 0.495 e. The van der Waals surface area contributed by atoms with Crippen molar-refractivity contribution in [3.05, 3.63) is 29.3 Å². The molecule has 2 rings (SSSR count). The molecule has 3 nitrogen and oxygen atoms in total. The molecular formula is C16H22N2O. The smallest absolute Gasteiger partial charge is 0.136 e. The second kappa shape index (κ2) is 6.08. The molecule has 0 spiro atoms. The Bertz CT molecular complexity index is 468. The van der Waals surface area contributed by atoms with Crippen LogP contribution >= 0.6 is 0 Å². The number of benzene rings is 1. The number of hydrogen-bond acceptors (Lipinski definition) is 3.